The number of aromatic nitrogens is 1. The molecule has 1 unspecified atom stereocenters. The fourth-order valence-electron chi connectivity index (χ4n) is 4.57. The van der Waals surface area contributed by atoms with Crippen LogP contribution >= 0.6 is 23.1 Å². The summed E-state index contributed by atoms with van der Waals surface area (Å²) < 4.78 is 17.2. The van der Waals surface area contributed by atoms with Gasteiger partial charge in [-0.3, -0.25) is 4.90 Å². The molecule has 1 fully saturated rings. The molecule has 8 heteroatoms. The van der Waals surface area contributed by atoms with Gasteiger partial charge in [0.05, 0.1) is 21.5 Å². The number of hydrogen-bond donors (Lipinski definition) is 2. The summed E-state index contributed by atoms with van der Waals surface area (Å²) in [6, 6.07) is 18.3. The minimum absolute atomic E-state index is 0.203. The second-order valence-corrected chi connectivity index (χ2v) is 9.87. The quantitative estimate of drug-likeness (QED) is 0.372. The van der Waals surface area contributed by atoms with Crippen LogP contribution < -0.4 is 14.8 Å². The number of benzene rings is 3. The van der Waals surface area contributed by atoms with Gasteiger partial charge >= 0.3 is 0 Å². The van der Waals surface area contributed by atoms with E-state index < -0.39 is 0 Å². The summed E-state index contributed by atoms with van der Waals surface area (Å²) in [6.45, 7) is 3.64. The molecule has 2 aliphatic rings. The molecule has 0 saturated carbocycles. The van der Waals surface area contributed by atoms with Crippen LogP contribution in [0.2, 0.25) is 5.02 Å². The number of nitrogens with one attached hydrogen (secondary N) is 1. The van der Waals surface area contributed by atoms with E-state index in [2.05, 4.69) is 32.8 Å². The third kappa shape index (κ3) is 4.20. The second kappa shape index (κ2) is 9.07. The molecular weight excluding hydrogens is 470 g/mol. The van der Waals surface area contributed by atoms with E-state index in [9.17, 15) is 5.11 Å². The molecule has 34 heavy (non-hydrogen) atoms. The highest BCUT2D eigenvalue weighted by atomic mass is 35.5. The minimum Gasteiger partial charge on any atom is -0.486 e. The first-order chi connectivity index (χ1) is 16.6. The fourth-order valence-corrected chi connectivity index (χ4v) is 5.66. The Balaban J connectivity index is 1.25. The number of aliphatic hydroxyl groups is 1. The van der Waals surface area contributed by atoms with E-state index in [-0.39, 0.29) is 6.10 Å². The molecule has 0 aliphatic carbocycles. The van der Waals surface area contributed by atoms with Crippen LogP contribution in [0.25, 0.3) is 21.2 Å². The normalized spacial score (nSPS) is 17.9. The highest BCUT2D eigenvalue weighted by molar-refractivity contribution is 7.13. The van der Waals surface area contributed by atoms with Gasteiger partial charge in [0.1, 0.15) is 13.2 Å². The maximum Gasteiger partial charge on any atom is 0.161 e. The lowest BCUT2D eigenvalue weighted by molar-refractivity contribution is 0.171. The van der Waals surface area contributed by atoms with Crippen molar-refractivity contribution in [2.24, 2.45) is 0 Å². The van der Waals surface area contributed by atoms with Gasteiger partial charge in [-0.25, -0.2) is 0 Å². The summed E-state index contributed by atoms with van der Waals surface area (Å²) in [5.74, 6) is 2.29. The summed E-state index contributed by atoms with van der Waals surface area (Å²) in [5, 5.41) is 14.9. The van der Waals surface area contributed by atoms with Gasteiger partial charge in [0, 0.05) is 30.6 Å². The number of nitrogens with zero attached hydrogens (tertiary/aromatic N) is 2. The third-order valence-corrected chi connectivity index (χ3v) is 7.51. The van der Waals surface area contributed by atoms with Gasteiger partial charge in [0.2, 0.25) is 0 Å². The van der Waals surface area contributed by atoms with Crippen molar-refractivity contribution in [1.82, 2.24) is 9.27 Å². The number of halogens is 1. The van der Waals surface area contributed by atoms with Crippen molar-refractivity contribution in [3.63, 3.8) is 0 Å². The second-order valence-electron chi connectivity index (χ2n) is 8.69. The van der Waals surface area contributed by atoms with Crippen LogP contribution in [0.5, 0.6) is 11.5 Å². The van der Waals surface area contributed by atoms with Gasteiger partial charge in [0.15, 0.2) is 17.3 Å². The molecule has 0 radical (unpaired) electrons. The SMILES string of the molecule is OC1CCN(Cc2ccc3c(Nc4cccc(-c5ccc6c(c5)OCCO6)c4Cl)nsc3c2)C1. The number of anilines is 2. The van der Waals surface area contributed by atoms with Crippen molar-refractivity contribution in [2.75, 3.05) is 31.6 Å². The lowest BCUT2D eigenvalue weighted by Gasteiger charge is -2.19. The maximum absolute atomic E-state index is 9.78. The Morgan fingerprint density at radius 2 is 1.97 bits per heavy atom. The first kappa shape index (κ1) is 21.7. The van der Waals surface area contributed by atoms with Crippen LogP contribution in [-0.2, 0) is 6.54 Å². The van der Waals surface area contributed by atoms with E-state index in [0.29, 0.717) is 18.2 Å². The molecule has 3 heterocycles. The fraction of sp³-hybridized carbons (Fsp3) is 0.269. The van der Waals surface area contributed by atoms with Crippen LogP contribution in [0.1, 0.15) is 12.0 Å². The minimum atomic E-state index is -0.203. The van der Waals surface area contributed by atoms with Crippen molar-refractivity contribution in [3.05, 3.63) is 65.2 Å². The monoisotopic (exact) mass is 493 g/mol. The van der Waals surface area contributed by atoms with Crippen LogP contribution in [0.15, 0.2) is 54.6 Å². The molecule has 1 aromatic heterocycles. The summed E-state index contributed by atoms with van der Waals surface area (Å²) >= 11 is 8.32. The summed E-state index contributed by atoms with van der Waals surface area (Å²) in [7, 11) is 0. The van der Waals surface area contributed by atoms with Gasteiger partial charge in [-0.1, -0.05) is 35.9 Å². The predicted octanol–water partition coefficient (Wildman–Crippen LogP) is 5.70. The Bertz CT molecular complexity index is 1360. The number of aliphatic hydroxyl groups excluding tert-OH is 1. The zero-order valence-electron chi connectivity index (χ0n) is 18.5. The zero-order chi connectivity index (χ0) is 23.1. The summed E-state index contributed by atoms with van der Waals surface area (Å²) in [5.41, 5.74) is 3.92. The highest BCUT2D eigenvalue weighted by Gasteiger charge is 2.20. The highest BCUT2D eigenvalue weighted by Crippen LogP contribution is 2.40. The molecule has 0 spiro atoms. The molecule has 2 N–H and O–H groups in total. The first-order valence-electron chi connectivity index (χ1n) is 11.4. The maximum atomic E-state index is 9.78. The number of hydrogen-bond acceptors (Lipinski definition) is 7. The van der Waals surface area contributed by atoms with Crippen molar-refractivity contribution < 1.29 is 14.6 Å². The Morgan fingerprint density at radius 1 is 1.09 bits per heavy atom. The van der Waals surface area contributed by atoms with Gasteiger partial charge in [-0.15, -0.1) is 0 Å². The molecule has 174 valence electrons. The van der Waals surface area contributed by atoms with Crippen LogP contribution in [0, 0.1) is 0 Å². The molecule has 0 amide bonds. The molecule has 4 aromatic rings. The number of likely N-dealkylation sites (tertiary alicyclic amines) is 1. The topological polar surface area (TPSA) is 66.9 Å². The van der Waals surface area contributed by atoms with Gasteiger partial charge in [-0.2, -0.15) is 4.37 Å². The van der Waals surface area contributed by atoms with E-state index >= 15 is 0 Å². The summed E-state index contributed by atoms with van der Waals surface area (Å²) in [6.07, 6.45) is 0.647. The standard InChI is InChI=1S/C26H24ClN3O3S/c27-25-19(17-5-7-22-23(13-17)33-11-10-32-22)2-1-3-21(25)28-26-20-6-4-16(12-24(20)34-29-26)14-30-9-8-18(31)15-30/h1-7,12-13,18,31H,8-11,14-15H2,(H,28,29). The van der Waals surface area contributed by atoms with Crippen molar-refractivity contribution in [2.45, 2.75) is 19.1 Å². The molecule has 0 bridgehead atoms. The lowest BCUT2D eigenvalue weighted by atomic mass is 10.0. The molecule has 6 rings (SSSR count). The Labute approximate surface area is 206 Å². The van der Waals surface area contributed by atoms with Crippen molar-refractivity contribution in [1.29, 1.82) is 0 Å². The molecule has 3 aromatic carbocycles. The van der Waals surface area contributed by atoms with E-state index in [1.165, 1.54) is 17.1 Å². The Hall–Kier alpha value is -2.84. The summed E-state index contributed by atoms with van der Waals surface area (Å²) in [4.78, 5) is 2.29. The van der Waals surface area contributed by atoms with Crippen molar-refractivity contribution in [3.8, 4) is 22.6 Å². The van der Waals surface area contributed by atoms with Crippen LogP contribution in [-0.4, -0.2) is 46.8 Å². The van der Waals surface area contributed by atoms with E-state index in [1.54, 1.807) is 0 Å². The molecule has 2 aliphatic heterocycles. The van der Waals surface area contributed by atoms with Crippen molar-refractivity contribution >= 4 is 44.7 Å². The number of β-amino-alcohol motifs (C(OH)–C–C–N with tert-alkyl or cyclic N) is 1. The van der Waals surface area contributed by atoms with Crippen LogP contribution in [0.3, 0.4) is 0 Å². The van der Waals surface area contributed by atoms with E-state index in [0.717, 1.165) is 70.3 Å². The average Bonchev–Trinajstić information content (AvgIpc) is 3.45. The van der Waals surface area contributed by atoms with E-state index in [1.807, 2.05) is 36.4 Å². The average molecular weight is 494 g/mol. The third-order valence-electron chi connectivity index (χ3n) is 6.30. The Kier molecular flexibility index (Phi) is 5.79. The van der Waals surface area contributed by atoms with Crippen LogP contribution in [0.4, 0.5) is 11.5 Å². The Morgan fingerprint density at radius 3 is 2.82 bits per heavy atom. The predicted molar refractivity (Wildman–Crippen MR) is 137 cm³/mol. The lowest BCUT2D eigenvalue weighted by Crippen LogP contribution is -2.21. The van der Waals surface area contributed by atoms with Gasteiger partial charge in [-0.05, 0) is 59.4 Å². The van der Waals surface area contributed by atoms with Gasteiger partial charge < -0.3 is 19.9 Å². The molecule has 1 saturated heterocycles. The largest absolute Gasteiger partial charge is 0.486 e. The number of fused-ring (bicyclic) bond motifs is 2. The number of ether oxygens (including phenoxy) is 2. The molecule has 6 nitrogen and oxygen atoms in total. The van der Waals surface area contributed by atoms with E-state index in [4.69, 9.17) is 21.1 Å². The van der Waals surface area contributed by atoms with Gasteiger partial charge in [0.25, 0.3) is 0 Å². The number of rotatable bonds is 5. The smallest absolute Gasteiger partial charge is 0.161 e. The first-order valence-corrected chi connectivity index (χ1v) is 12.5. The zero-order valence-corrected chi connectivity index (χ0v) is 20.0. The molecular formula is C26H24ClN3O3S. The molecule has 1 atom stereocenters.